The summed E-state index contributed by atoms with van der Waals surface area (Å²) in [5.41, 5.74) is 0.466. The Balaban J connectivity index is 1.40. The van der Waals surface area contributed by atoms with E-state index >= 15 is 0 Å². The number of carbonyl (C=O) groups is 3. The highest BCUT2D eigenvalue weighted by atomic mass is 32.2. The number of rotatable bonds is 8. The molecule has 15 heteroatoms. The minimum Gasteiger partial charge on any atom is -0.508 e. The number of carboxylic acid groups (broad SMARTS) is 1. The maximum Gasteiger partial charge on any atom is 0.352 e. The highest BCUT2D eigenvalue weighted by molar-refractivity contribution is 8.01. The van der Waals surface area contributed by atoms with Crippen molar-refractivity contribution in [3.63, 3.8) is 0 Å². The van der Waals surface area contributed by atoms with E-state index in [2.05, 4.69) is 20.8 Å². The van der Waals surface area contributed by atoms with Gasteiger partial charge in [0, 0.05) is 23.4 Å². The maximum atomic E-state index is 12.7. The standard InChI is InChI=1S/C18H18N6O6S3/c1-23-18(20-21-22-23)32-7-9-6-31-16-13(15(27)24(16)14(9)17(28)29)19-12(26)8-33(30)11-4-2-10(25)3-5-11/h2-5,13,16,25H,6-8H2,1H3,(H,19,26)(H,28,29)/t13?,16-,33?/m1/s1. The number of amides is 2. The Morgan fingerprint density at radius 1 is 1.33 bits per heavy atom. The Morgan fingerprint density at radius 3 is 2.70 bits per heavy atom. The molecular formula is C18H18N6O6S3. The summed E-state index contributed by atoms with van der Waals surface area (Å²) in [7, 11) is 0.0123. The third kappa shape index (κ3) is 4.74. The number of aromatic nitrogens is 4. The van der Waals surface area contributed by atoms with E-state index in [0.717, 1.165) is 0 Å². The van der Waals surface area contributed by atoms with Gasteiger partial charge in [0.25, 0.3) is 5.91 Å². The lowest BCUT2D eigenvalue weighted by Crippen LogP contribution is -2.70. The molecule has 12 nitrogen and oxygen atoms in total. The zero-order chi connectivity index (χ0) is 23.7. The summed E-state index contributed by atoms with van der Waals surface area (Å²) >= 11 is 2.61. The second-order valence-electron chi connectivity index (χ2n) is 7.07. The molecule has 0 saturated carbocycles. The number of tetrazole rings is 1. The van der Waals surface area contributed by atoms with Crippen LogP contribution in [0.4, 0.5) is 0 Å². The van der Waals surface area contributed by atoms with Crippen LogP contribution in [-0.2, 0) is 32.2 Å². The van der Waals surface area contributed by atoms with E-state index in [9.17, 15) is 28.8 Å². The van der Waals surface area contributed by atoms with Gasteiger partial charge in [0.2, 0.25) is 11.1 Å². The number of hydrogen-bond donors (Lipinski definition) is 3. The molecule has 2 amide bonds. The number of thioether (sulfide) groups is 2. The van der Waals surface area contributed by atoms with Crippen LogP contribution in [-0.4, -0.2) is 86.0 Å². The molecule has 3 N–H and O–H groups in total. The summed E-state index contributed by atoms with van der Waals surface area (Å²) in [4.78, 5) is 38.6. The molecule has 0 radical (unpaired) electrons. The number of β-lactam (4-membered cyclic amide) rings is 1. The maximum absolute atomic E-state index is 12.7. The third-order valence-electron chi connectivity index (χ3n) is 4.88. The fourth-order valence-electron chi connectivity index (χ4n) is 3.30. The molecule has 33 heavy (non-hydrogen) atoms. The highest BCUT2D eigenvalue weighted by Gasteiger charge is 2.54. The van der Waals surface area contributed by atoms with Crippen molar-refractivity contribution in [2.45, 2.75) is 21.5 Å². The molecule has 1 fully saturated rings. The Kier molecular flexibility index (Phi) is 6.71. The van der Waals surface area contributed by atoms with Gasteiger partial charge < -0.3 is 15.5 Å². The lowest BCUT2D eigenvalue weighted by Gasteiger charge is -2.49. The second-order valence-corrected chi connectivity index (χ2v) is 10.6. The number of carbonyl (C=O) groups excluding carboxylic acids is 2. The molecule has 0 spiro atoms. The van der Waals surface area contributed by atoms with Crippen molar-refractivity contribution >= 4 is 52.1 Å². The van der Waals surface area contributed by atoms with Crippen LogP contribution < -0.4 is 5.32 Å². The molecule has 2 aromatic rings. The van der Waals surface area contributed by atoms with Gasteiger partial charge in [0.15, 0.2) is 0 Å². The Labute approximate surface area is 198 Å². The number of phenols is 1. The number of carboxylic acids is 1. The number of fused-ring (bicyclic) bond motifs is 1. The quantitative estimate of drug-likeness (QED) is 0.311. The normalized spacial score (nSPS) is 20.8. The van der Waals surface area contributed by atoms with E-state index in [1.165, 1.54) is 57.4 Å². The van der Waals surface area contributed by atoms with Gasteiger partial charge in [-0.25, -0.2) is 9.48 Å². The summed E-state index contributed by atoms with van der Waals surface area (Å²) in [6.07, 6.45) is 0. The van der Waals surface area contributed by atoms with E-state index < -0.39 is 40.0 Å². The minimum absolute atomic E-state index is 0.0167. The second kappa shape index (κ2) is 9.52. The number of benzene rings is 1. The van der Waals surface area contributed by atoms with Gasteiger partial charge in [0.1, 0.15) is 28.6 Å². The SMILES string of the molecule is Cn1nnnc1SCC1=C(C(=O)O)N2C(=O)C(NC(=O)CS(=O)c3ccc(O)cc3)[C@H]2SC1. The van der Waals surface area contributed by atoms with Crippen molar-refractivity contribution in [1.82, 2.24) is 30.4 Å². The van der Waals surface area contributed by atoms with Crippen LogP contribution in [0.25, 0.3) is 0 Å². The summed E-state index contributed by atoms with van der Waals surface area (Å²) < 4.78 is 13.8. The number of aryl methyl sites for hydroxylation is 1. The topological polar surface area (TPSA) is 168 Å². The van der Waals surface area contributed by atoms with Crippen LogP contribution in [0.3, 0.4) is 0 Å². The average Bonchev–Trinajstić information content (AvgIpc) is 3.20. The summed E-state index contributed by atoms with van der Waals surface area (Å²) in [6, 6.07) is 4.74. The van der Waals surface area contributed by atoms with Gasteiger partial charge in [-0.1, -0.05) is 11.8 Å². The van der Waals surface area contributed by atoms with Crippen LogP contribution >= 0.6 is 23.5 Å². The molecule has 2 aliphatic heterocycles. The highest BCUT2D eigenvalue weighted by Crippen LogP contribution is 2.41. The molecule has 2 unspecified atom stereocenters. The zero-order valence-corrected chi connectivity index (χ0v) is 19.5. The van der Waals surface area contributed by atoms with Gasteiger partial charge >= 0.3 is 5.97 Å². The van der Waals surface area contributed by atoms with Crippen LogP contribution in [0.2, 0.25) is 0 Å². The van der Waals surface area contributed by atoms with Gasteiger partial charge in [-0.05, 0) is 40.3 Å². The minimum atomic E-state index is -1.66. The monoisotopic (exact) mass is 510 g/mol. The van der Waals surface area contributed by atoms with Crippen LogP contribution in [0.15, 0.2) is 45.6 Å². The zero-order valence-electron chi connectivity index (χ0n) is 17.1. The predicted octanol–water partition coefficient (Wildman–Crippen LogP) is -0.446. The fourth-order valence-corrected chi connectivity index (χ4v) is 6.57. The van der Waals surface area contributed by atoms with Gasteiger partial charge in [-0.15, -0.1) is 16.9 Å². The largest absolute Gasteiger partial charge is 0.508 e. The average molecular weight is 511 g/mol. The number of aromatic hydroxyl groups is 1. The van der Waals surface area contributed by atoms with E-state index in [1.807, 2.05) is 0 Å². The lowest BCUT2D eigenvalue weighted by atomic mass is 10.0. The predicted molar refractivity (Wildman–Crippen MR) is 119 cm³/mol. The van der Waals surface area contributed by atoms with Gasteiger partial charge in [-0.2, -0.15) is 0 Å². The smallest absolute Gasteiger partial charge is 0.352 e. The van der Waals surface area contributed by atoms with E-state index in [0.29, 0.717) is 27.1 Å². The van der Waals surface area contributed by atoms with Crippen molar-refractivity contribution in [3.8, 4) is 5.75 Å². The number of nitrogens with one attached hydrogen (secondary N) is 1. The third-order valence-corrected chi connectivity index (χ3v) is 8.64. The van der Waals surface area contributed by atoms with Crippen molar-refractivity contribution < 1.29 is 28.8 Å². The molecule has 0 bridgehead atoms. The van der Waals surface area contributed by atoms with E-state index in [1.54, 1.807) is 7.05 Å². The first-order valence-electron chi connectivity index (χ1n) is 9.48. The summed E-state index contributed by atoms with van der Waals surface area (Å²) in [6.45, 7) is 0. The molecule has 4 rings (SSSR count). The molecule has 3 atom stereocenters. The number of hydrogen-bond acceptors (Lipinski definition) is 10. The van der Waals surface area contributed by atoms with Crippen molar-refractivity contribution in [1.29, 1.82) is 0 Å². The number of nitrogens with zero attached hydrogens (tertiary/aromatic N) is 5. The molecule has 3 heterocycles. The first kappa shape index (κ1) is 23.3. The Bertz CT molecular complexity index is 1170. The van der Waals surface area contributed by atoms with Crippen molar-refractivity contribution in [2.75, 3.05) is 17.3 Å². The van der Waals surface area contributed by atoms with Crippen LogP contribution in [0.5, 0.6) is 5.75 Å². The van der Waals surface area contributed by atoms with Crippen molar-refractivity contribution in [3.05, 3.63) is 35.5 Å². The van der Waals surface area contributed by atoms with Crippen LogP contribution in [0.1, 0.15) is 0 Å². The summed E-state index contributed by atoms with van der Waals surface area (Å²) in [5, 5.41) is 32.7. The van der Waals surface area contributed by atoms with Gasteiger partial charge in [0.05, 0.1) is 10.8 Å². The molecule has 0 aliphatic carbocycles. The lowest BCUT2D eigenvalue weighted by molar-refractivity contribution is -0.150. The van der Waals surface area contributed by atoms with Crippen LogP contribution in [0, 0.1) is 0 Å². The van der Waals surface area contributed by atoms with Gasteiger partial charge in [-0.3, -0.25) is 18.7 Å². The van der Waals surface area contributed by atoms with E-state index in [-0.39, 0.29) is 17.2 Å². The first-order chi connectivity index (χ1) is 15.8. The summed E-state index contributed by atoms with van der Waals surface area (Å²) in [5.74, 6) is -2.03. The van der Waals surface area contributed by atoms with E-state index in [4.69, 9.17) is 0 Å². The van der Waals surface area contributed by atoms with Crippen molar-refractivity contribution in [2.24, 2.45) is 7.05 Å². The Hall–Kier alpha value is -2.91. The molecule has 174 valence electrons. The number of phenolic OH excluding ortho intramolecular Hbond substituents is 1. The first-order valence-corrected chi connectivity index (χ1v) is 12.8. The molecule has 2 aliphatic rings. The molecule has 1 aromatic carbocycles. The Morgan fingerprint density at radius 2 is 2.06 bits per heavy atom. The molecule has 1 aromatic heterocycles. The number of aliphatic carboxylic acids is 1. The molecular weight excluding hydrogens is 492 g/mol. The fraction of sp³-hybridized carbons (Fsp3) is 0.333. The molecule has 1 saturated heterocycles.